The molecule has 0 saturated carbocycles. The van der Waals surface area contributed by atoms with Gasteiger partial charge in [-0.05, 0) is 59.0 Å². The second-order valence-corrected chi connectivity index (χ2v) is 10.2. The maximum absolute atomic E-state index is 14.8. The minimum Gasteiger partial charge on any atom is -0.480 e. The molecule has 0 spiro atoms. The standard InChI is InChI=1S/C26H23F2N3O3S/c1-26(2,3)22(24(33)34)31-23(32)18-10-6-15(12-19(18)28)14-4-8-17(9-5-14)29-25-30-20-11-7-16(27)13-21(20)35-25/h4-13,22H,1-3H3,(H,29,30)(H,31,32)(H,33,34)/t22-/m1/s1. The summed E-state index contributed by atoms with van der Waals surface area (Å²) < 4.78 is 28.9. The molecule has 4 aromatic rings. The van der Waals surface area contributed by atoms with E-state index in [9.17, 15) is 23.5 Å². The van der Waals surface area contributed by atoms with E-state index < -0.39 is 29.2 Å². The molecule has 1 aromatic heterocycles. The Labute approximate surface area is 204 Å². The molecule has 35 heavy (non-hydrogen) atoms. The third-order valence-corrected chi connectivity index (χ3v) is 6.36. The first-order valence-corrected chi connectivity index (χ1v) is 11.6. The van der Waals surface area contributed by atoms with Crippen molar-refractivity contribution in [3.05, 3.63) is 77.9 Å². The lowest BCUT2D eigenvalue weighted by molar-refractivity contribution is -0.142. The van der Waals surface area contributed by atoms with Crippen LogP contribution in [0.4, 0.5) is 19.6 Å². The molecule has 0 saturated heterocycles. The van der Waals surface area contributed by atoms with Crippen molar-refractivity contribution in [2.75, 3.05) is 5.32 Å². The molecule has 0 aliphatic heterocycles. The number of carbonyl (C=O) groups excluding carboxylic acids is 1. The number of nitrogens with zero attached hydrogens (tertiary/aromatic N) is 1. The average Bonchev–Trinajstić information content (AvgIpc) is 3.18. The van der Waals surface area contributed by atoms with Crippen LogP contribution in [0.15, 0.2) is 60.7 Å². The summed E-state index contributed by atoms with van der Waals surface area (Å²) in [6.45, 7) is 5.04. The fourth-order valence-corrected chi connectivity index (χ4v) is 4.47. The van der Waals surface area contributed by atoms with Crippen molar-refractivity contribution in [3.63, 3.8) is 0 Å². The van der Waals surface area contributed by atoms with Crippen LogP contribution in [0.2, 0.25) is 0 Å². The molecule has 0 unspecified atom stereocenters. The van der Waals surface area contributed by atoms with Crippen LogP contribution in [0.5, 0.6) is 0 Å². The Kier molecular flexibility index (Phi) is 6.53. The summed E-state index contributed by atoms with van der Waals surface area (Å²) >= 11 is 1.33. The van der Waals surface area contributed by atoms with Gasteiger partial charge >= 0.3 is 5.97 Å². The molecule has 0 bridgehead atoms. The van der Waals surface area contributed by atoms with E-state index in [1.807, 2.05) is 0 Å². The third kappa shape index (κ3) is 5.46. The van der Waals surface area contributed by atoms with Gasteiger partial charge in [0.2, 0.25) is 0 Å². The lowest BCUT2D eigenvalue weighted by atomic mass is 9.86. The van der Waals surface area contributed by atoms with E-state index in [-0.39, 0.29) is 11.4 Å². The van der Waals surface area contributed by atoms with Gasteiger partial charge in [-0.1, -0.05) is 50.3 Å². The molecular weight excluding hydrogens is 472 g/mol. The quantitative estimate of drug-likeness (QED) is 0.296. The highest BCUT2D eigenvalue weighted by molar-refractivity contribution is 7.22. The van der Waals surface area contributed by atoms with E-state index in [1.165, 1.54) is 35.6 Å². The molecule has 1 heterocycles. The number of nitrogens with one attached hydrogen (secondary N) is 2. The summed E-state index contributed by atoms with van der Waals surface area (Å²) in [6, 6.07) is 14.7. The Morgan fingerprint density at radius 1 is 0.971 bits per heavy atom. The van der Waals surface area contributed by atoms with Crippen LogP contribution in [-0.4, -0.2) is 28.0 Å². The van der Waals surface area contributed by atoms with Crippen LogP contribution in [0.3, 0.4) is 0 Å². The summed E-state index contributed by atoms with van der Waals surface area (Å²) in [5.74, 6) is -3.04. The summed E-state index contributed by atoms with van der Waals surface area (Å²) in [7, 11) is 0. The van der Waals surface area contributed by atoms with Gasteiger partial charge in [-0.15, -0.1) is 0 Å². The van der Waals surface area contributed by atoms with Crippen LogP contribution in [0.25, 0.3) is 21.3 Å². The maximum Gasteiger partial charge on any atom is 0.326 e. The highest BCUT2D eigenvalue weighted by Crippen LogP contribution is 2.30. The van der Waals surface area contributed by atoms with Crippen LogP contribution in [0, 0.1) is 17.0 Å². The van der Waals surface area contributed by atoms with Gasteiger partial charge in [0.25, 0.3) is 5.91 Å². The zero-order chi connectivity index (χ0) is 25.3. The largest absolute Gasteiger partial charge is 0.480 e. The molecular formula is C26H23F2N3O3S. The van der Waals surface area contributed by atoms with Crippen LogP contribution < -0.4 is 10.6 Å². The zero-order valence-electron chi connectivity index (χ0n) is 19.2. The van der Waals surface area contributed by atoms with Gasteiger partial charge < -0.3 is 15.7 Å². The molecule has 0 fully saturated rings. The number of anilines is 2. The smallest absolute Gasteiger partial charge is 0.326 e. The molecule has 180 valence electrons. The van der Waals surface area contributed by atoms with Crippen molar-refractivity contribution in [1.29, 1.82) is 0 Å². The Balaban J connectivity index is 1.49. The Hall–Kier alpha value is -3.85. The fraction of sp³-hybridized carbons (Fsp3) is 0.192. The van der Waals surface area contributed by atoms with Gasteiger partial charge in [0.05, 0.1) is 15.8 Å². The molecule has 1 amide bonds. The lowest BCUT2D eigenvalue weighted by Gasteiger charge is -2.27. The van der Waals surface area contributed by atoms with E-state index in [1.54, 1.807) is 57.2 Å². The number of hydrogen-bond acceptors (Lipinski definition) is 5. The molecule has 1 atom stereocenters. The van der Waals surface area contributed by atoms with Gasteiger partial charge in [-0.3, -0.25) is 4.79 Å². The maximum atomic E-state index is 14.8. The monoisotopic (exact) mass is 495 g/mol. The van der Waals surface area contributed by atoms with Crippen molar-refractivity contribution < 1.29 is 23.5 Å². The molecule has 3 aromatic carbocycles. The number of rotatable bonds is 6. The summed E-state index contributed by atoms with van der Waals surface area (Å²) in [4.78, 5) is 28.5. The predicted octanol–water partition coefficient (Wildman–Crippen LogP) is 6.21. The number of carbonyl (C=O) groups is 2. The van der Waals surface area contributed by atoms with Crippen molar-refractivity contribution >= 4 is 44.2 Å². The molecule has 0 aliphatic carbocycles. The van der Waals surface area contributed by atoms with Crippen molar-refractivity contribution in [3.8, 4) is 11.1 Å². The number of carboxylic acids is 1. The molecule has 4 rings (SSSR count). The normalized spacial score (nSPS) is 12.4. The number of fused-ring (bicyclic) bond motifs is 1. The van der Waals surface area contributed by atoms with Gasteiger partial charge in [0.1, 0.15) is 17.7 Å². The molecule has 0 radical (unpaired) electrons. The Morgan fingerprint density at radius 2 is 1.66 bits per heavy atom. The first-order valence-electron chi connectivity index (χ1n) is 10.8. The topological polar surface area (TPSA) is 91.3 Å². The van der Waals surface area contributed by atoms with Crippen LogP contribution >= 0.6 is 11.3 Å². The van der Waals surface area contributed by atoms with E-state index in [4.69, 9.17) is 0 Å². The molecule has 3 N–H and O–H groups in total. The number of carboxylic acid groups (broad SMARTS) is 1. The number of aliphatic carboxylic acids is 1. The van der Waals surface area contributed by atoms with Crippen molar-refractivity contribution in [2.45, 2.75) is 26.8 Å². The molecule has 6 nitrogen and oxygen atoms in total. The second kappa shape index (κ2) is 9.42. The average molecular weight is 496 g/mol. The second-order valence-electron chi connectivity index (χ2n) is 9.14. The first-order chi connectivity index (χ1) is 16.5. The Morgan fingerprint density at radius 3 is 2.29 bits per heavy atom. The number of halogens is 2. The first kappa shape index (κ1) is 24.3. The highest BCUT2D eigenvalue weighted by Gasteiger charge is 2.33. The van der Waals surface area contributed by atoms with Gasteiger partial charge in [-0.25, -0.2) is 18.6 Å². The lowest BCUT2D eigenvalue weighted by Crippen LogP contribution is -2.49. The van der Waals surface area contributed by atoms with Crippen LogP contribution in [0.1, 0.15) is 31.1 Å². The SMILES string of the molecule is CC(C)(C)[C@H](NC(=O)c1ccc(-c2ccc(Nc3nc4ccc(F)cc4s3)cc2)cc1F)C(=O)O. The summed E-state index contributed by atoms with van der Waals surface area (Å²) in [5, 5.41) is 15.6. The van der Waals surface area contributed by atoms with E-state index >= 15 is 0 Å². The third-order valence-electron chi connectivity index (χ3n) is 5.42. The predicted molar refractivity (Wildman–Crippen MR) is 133 cm³/mol. The minimum atomic E-state index is -1.19. The minimum absolute atomic E-state index is 0.227. The van der Waals surface area contributed by atoms with E-state index in [0.29, 0.717) is 16.2 Å². The van der Waals surface area contributed by atoms with Gasteiger partial charge in [-0.2, -0.15) is 0 Å². The number of benzene rings is 3. The number of thiazole rings is 1. The number of hydrogen-bond donors (Lipinski definition) is 3. The summed E-state index contributed by atoms with van der Waals surface area (Å²) in [6.07, 6.45) is 0. The molecule has 0 aliphatic rings. The van der Waals surface area contributed by atoms with Crippen molar-refractivity contribution in [1.82, 2.24) is 10.3 Å². The number of amides is 1. The van der Waals surface area contributed by atoms with E-state index in [0.717, 1.165) is 16.0 Å². The molecule has 9 heteroatoms. The van der Waals surface area contributed by atoms with Gasteiger partial charge in [0.15, 0.2) is 5.13 Å². The number of aromatic nitrogens is 1. The van der Waals surface area contributed by atoms with Crippen LogP contribution in [-0.2, 0) is 4.79 Å². The fourth-order valence-electron chi connectivity index (χ4n) is 3.56. The highest BCUT2D eigenvalue weighted by atomic mass is 32.1. The van der Waals surface area contributed by atoms with E-state index in [2.05, 4.69) is 15.6 Å². The Bertz CT molecular complexity index is 1410. The summed E-state index contributed by atoms with van der Waals surface area (Å²) in [5.41, 5.74) is 1.78. The van der Waals surface area contributed by atoms with Gasteiger partial charge in [0, 0.05) is 5.69 Å². The zero-order valence-corrected chi connectivity index (χ0v) is 20.0. The van der Waals surface area contributed by atoms with Crippen molar-refractivity contribution in [2.24, 2.45) is 5.41 Å².